The van der Waals surface area contributed by atoms with Crippen molar-refractivity contribution in [1.29, 1.82) is 0 Å². The Balaban J connectivity index is 1.82. The molecule has 1 aromatic heterocycles. The highest BCUT2D eigenvalue weighted by atomic mass is 35.5. The van der Waals surface area contributed by atoms with E-state index in [9.17, 15) is 0 Å². The van der Waals surface area contributed by atoms with Gasteiger partial charge in [0.1, 0.15) is 5.15 Å². The summed E-state index contributed by atoms with van der Waals surface area (Å²) in [5.41, 5.74) is 1.21. The molecule has 4 heteroatoms. The Labute approximate surface area is 108 Å². The minimum absolute atomic E-state index is 0.567. The fraction of sp³-hybridized carbons (Fsp3) is 0.615. The number of ether oxygens (including phenoxy) is 1. The van der Waals surface area contributed by atoms with Gasteiger partial charge in [0, 0.05) is 25.9 Å². The molecule has 0 aromatic carbocycles. The monoisotopic (exact) mass is 254 g/mol. The summed E-state index contributed by atoms with van der Waals surface area (Å²) in [4.78, 5) is 6.31. The molecule has 1 aliphatic rings. The molecule has 2 heterocycles. The maximum atomic E-state index is 5.87. The largest absolute Gasteiger partial charge is 0.381 e. The molecule has 1 aromatic rings. The molecule has 17 heavy (non-hydrogen) atoms. The van der Waals surface area contributed by atoms with Crippen molar-refractivity contribution in [2.75, 3.05) is 26.8 Å². The lowest BCUT2D eigenvalue weighted by molar-refractivity contribution is 0.0411. The van der Waals surface area contributed by atoms with E-state index in [1.807, 2.05) is 12.1 Å². The molecule has 1 atom stereocenters. The summed E-state index contributed by atoms with van der Waals surface area (Å²) in [6.45, 7) is 3.83. The first-order chi connectivity index (χ1) is 8.24. The lowest BCUT2D eigenvalue weighted by atomic mass is 10.0. The quantitative estimate of drug-likeness (QED) is 0.773. The number of rotatable bonds is 4. The summed E-state index contributed by atoms with van der Waals surface area (Å²) in [5.74, 6) is 0.672. The topological polar surface area (TPSA) is 25.4 Å². The highest BCUT2D eigenvalue weighted by molar-refractivity contribution is 6.29. The van der Waals surface area contributed by atoms with E-state index < -0.39 is 0 Å². The number of hydrogen-bond acceptors (Lipinski definition) is 3. The summed E-state index contributed by atoms with van der Waals surface area (Å²) in [5, 5.41) is 0.567. The Morgan fingerprint density at radius 3 is 3.18 bits per heavy atom. The van der Waals surface area contributed by atoms with Crippen LogP contribution in [0.5, 0.6) is 0 Å². The van der Waals surface area contributed by atoms with Crippen LogP contribution in [0.1, 0.15) is 18.4 Å². The van der Waals surface area contributed by atoms with Crippen LogP contribution in [0.3, 0.4) is 0 Å². The van der Waals surface area contributed by atoms with E-state index in [0.29, 0.717) is 11.1 Å². The maximum absolute atomic E-state index is 5.87. The van der Waals surface area contributed by atoms with Gasteiger partial charge in [0.05, 0.1) is 6.61 Å². The molecule has 0 saturated carbocycles. The molecule has 0 amide bonds. The third-order valence-corrected chi connectivity index (χ3v) is 3.27. The Bertz CT molecular complexity index is 353. The van der Waals surface area contributed by atoms with Crippen molar-refractivity contribution >= 4 is 11.6 Å². The van der Waals surface area contributed by atoms with Crippen molar-refractivity contribution in [2.24, 2.45) is 5.92 Å². The number of halogens is 1. The van der Waals surface area contributed by atoms with E-state index in [-0.39, 0.29) is 0 Å². The van der Waals surface area contributed by atoms with E-state index in [1.165, 1.54) is 18.4 Å². The Hall–Kier alpha value is -0.640. The van der Waals surface area contributed by atoms with Gasteiger partial charge < -0.3 is 9.64 Å². The number of aromatic nitrogens is 1. The van der Waals surface area contributed by atoms with E-state index in [0.717, 1.165) is 26.3 Å². The first kappa shape index (κ1) is 12.8. The molecule has 0 radical (unpaired) electrons. The van der Waals surface area contributed by atoms with Crippen LogP contribution in [0.4, 0.5) is 0 Å². The zero-order chi connectivity index (χ0) is 12.1. The van der Waals surface area contributed by atoms with E-state index in [4.69, 9.17) is 16.3 Å². The molecule has 1 unspecified atom stereocenters. The molecule has 0 spiro atoms. The molecule has 3 nitrogen and oxygen atoms in total. The molecule has 2 rings (SSSR count). The van der Waals surface area contributed by atoms with Gasteiger partial charge in [0.25, 0.3) is 0 Å². The van der Waals surface area contributed by atoms with Gasteiger partial charge in [0.15, 0.2) is 0 Å². The number of hydrogen-bond donors (Lipinski definition) is 0. The van der Waals surface area contributed by atoms with Gasteiger partial charge in [-0.3, -0.25) is 0 Å². The van der Waals surface area contributed by atoms with Gasteiger partial charge in [-0.05, 0) is 43.5 Å². The van der Waals surface area contributed by atoms with Gasteiger partial charge >= 0.3 is 0 Å². The van der Waals surface area contributed by atoms with Crippen LogP contribution in [0, 0.1) is 5.92 Å². The SMILES string of the molecule is CN(Cc1ccnc(Cl)c1)CC1CCCOC1. The Morgan fingerprint density at radius 2 is 2.47 bits per heavy atom. The van der Waals surface area contributed by atoms with E-state index in [1.54, 1.807) is 6.20 Å². The average Bonchev–Trinajstić information content (AvgIpc) is 2.30. The van der Waals surface area contributed by atoms with Crippen LogP contribution < -0.4 is 0 Å². The summed E-state index contributed by atoms with van der Waals surface area (Å²) in [7, 11) is 2.14. The zero-order valence-corrected chi connectivity index (χ0v) is 11.0. The van der Waals surface area contributed by atoms with Crippen molar-refractivity contribution in [1.82, 2.24) is 9.88 Å². The van der Waals surface area contributed by atoms with Gasteiger partial charge in [-0.25, -0.2) is 4.98 Å². The first-order valence-electron chi connectivity index (χ1n) is 6.11. The molecular formula is C13H19ClN2O. The average molecular weight is 255 g/mol. The highest BCUT2D eigenvalue weighted by Gasteiger charge is 2.15. The molecular weight excluding hydrogens is 236 g/mol. The minimum atomic E-state index is 0.567. The maximum Gasteiger partial charge on any atom is 0.129 e. The first-order valence-corrected chi connectivity index (χ1v) is 6.48. The van der Waals surface area contributed by atoms with Crippen LogP contribution in [-0.2, 0) is 11.3 Å². The fourth-order valence-electron chi connectivity index (χ4n) is 2.31. The molecule has 94 valence electrons. The molecule has 1 fully saturated rings. The van der Waals surface area contributed by atoms with E-state index in [2.05, 4.69) is 16.9 Å². The molecule has 0 aliphatic carbocycles. The molecule has 0 bridgehead atoms. The second-order valence-corrected chi connectivity index (χ2v) is 5.15. The van der Waals surface area contributed by atoms with Crippen molar-refractivity contribution in [3.8, 4) is 0 Å². The minimum Gasteiger partial charge on any atom is -0.381 e. The summed E-state index contributed by atoms with van der Waals surface area (Å²) >= 11 is 5.87. The Morgan fingerprint density at radius 1 is 1.59 bits per heavy atom. The third kappa shape index (κ3) is 4.26. The summed E-state index contributed by atoms with van der Waals surface area (Å²) in [6, 6.07) is 3.94. The molecule has 0 N–H and O–H groups in total. The van der Waals surface area contributed by atoms with Gasteiger partial charge in [-0.1, -0.05) is 11.6 Å². The van der Waals surface area contributed by atoms with Crippen LogP contribution >= 0.6 is 11.6 Å². The van der Waals surface area contributed by atoms with Crippen LogP contribution in [0.25, 0.3) is 0 Å². The highest BCUT2D eigenvalue weighted by Crippen LogP contribution is 2.16. The summed E-state index contributed by atoms with van der Waals surface area (Å²) in [6.07, 6.45) is 4.23. The fourth-order valence-corrected chi connectivity index (χ4v) is 2.51. The second kappa shape index (κ2) is 6.34. The standard InChI is InChI=1S/C13H19ClN2O/c1-16(9-12-3-2-6-17-10-12)8-11-4-5-15-13(14)7-11/h4-5,7,12H,2-3,6,8-10H2,1H3. The number of pyridine rings is 1. The normalized spacial score (nSPS) is 20.8. The summed E-state index contributed by atoms with van der Waals surface area (Å²) < 4.78 is 5.49. The van der Waals surface area contributed by atoms with Crippen LogP contribution in [0.2, 0.25) is 5.15 Å². The molecule has 1 saturated heterocycles. The van der Waals surface area contributed by atoms with Crippen LogP contribution in [-0.4, -0.2) is 36.7 Å². The van der Waals surface area contributed by atoms with Gasteiger partial charge in [-0.2, -0.15) is 0 Å². The predicted octanol–water partition coefficient (Wildman–Crippen LogP) is 2.59. The zero-order valence-electron chi connectivity index (χ0n) is 10.2. The van der Waals surface area contributed by atoms with Crippen molar-refractivity contribution in [3.05, 3.63) is 29.0 Å². The van der Waals surface area contributed by atoms with Crippen molar-refractivity contribution < 1.29 is 4.74 Å². The van der Waals surface area contributed by atoms with Crippen molar-refractivity contribution in [3.63, 3.8) is 0 Å². The Kier molecular flexibility index (Phi) is 4.77. The van der Waals surface area contributed by atoms with E-state index >= 15 is 0 Å². The van der Waals surface area contributed by atoms with Gasteiger partial charge in [-0.15, -0.1) is 0 Å². The van der Waals surface area contributed by atoms with Gasteiger partial charge in [0.2, 0.25) is 0 Å². The predicted molar refractivity (Wildman–Crippen MR) is 69.1 cm³/mol. The van der Waals surface area contributed by atoms with Crippen molar-refractivity contribution in [2.45, 2.75) is 19.4 Å². The smallest absolute Gasteiger partial charge is 0.129 e. The number of nitrogens with zero attached hydrogens (tertiary/aromatic N) is 2. The second-order valence-electron chi connectivity index (χ2n) is 4.77. The lowest BCUT2D eigenvalue weighted by Gasteiger charge is -2.27. The molecule has 1 aliphatic heterocycles. The lowest BCUT2D eigenvalue weighted by Crippen LogP contribution is -2.30. The third-order valence-electron chi connectivity index (χ3n) is 3.07. The van der Waals surface area contributed by atoms with Crippen LogP contribution in [0.15, 0.2) is 18.3 Å².